The van der Waals surface area contributed by atoms with Crippen LogP contribution in [0.25, 0.3) is 0 Å². The van der Waals surface area contributed by atoms with E-state index in [9.17, 15) is 4.39 Å². The normalized spacial score (nSPS) is 35.4. The quantitative estimate of drug-likeness (QED) is 0.591. The van der Waals surface area contributed by atoms with E-state index in [0.717, 1.165) is 50.9 Å². The molecule has 2 unspecified atom stereocenters. The van der Waals surface area contributed by atoms with Gasteiger partial charge in [0, 0.05) is 76.0 Å². The zero-order valence-electron chi connectivity index (χ0n) is 20.4. The van der Waals surface area contributed by atoms with Gasteiger partial charge in [-0.05, 0) is 71.6 Å². The summed E-state index contributed by atoms with van der Waals surface area (Å²) in [5.74, 6) is 1.95. The van der Waals surface area contributed by atoms with Crippen molar-refractivity contribution >= 4 is 0 Å². The smallest absolute Gasteiger partial charge is 0.103 e. The van der Waals surface area contributed by atoms with E-state index in [-0.39, 0.29) is 11.1 Å². The highest BCUT2D eigenvalue weighted by atomic mass is 19.1. The van der Waals surface area contributed by atoms with Gasteiger partial charge >= 0.3 is 0 Å². The number of nitrogens with zero attached hydrogens (tertiary/aromatic N) is 4. The molecule has 2 aliphatic heterocycles. The third kappa shape index (κ3) is 5.39. The van der Waals surface area contributed by atoms with Gasteiger partial charge in [0.05, 0.1) is 0 Å². The van der Waals surface area contributed by atoms with Crippen molar-refractivity contribution in [2.75, 3.05) is 58.9 Å². The topological polar surface area (TPSA) is 13.0 Å². The number of alkyl halides is 1. The molecule has 2 saturated heterocycles. The molecule has 0 N–H and O–H groups in total. The zero-order valence-corrected chi connectivity index (χ0v) is 20.4. The van der Waals surface area contributed by atoms with Gasteiger partial charge in [-0.2, -0.15) is 0 Å². The molecular weight excluding hydrogens is 375 g/mol. The second-order valence-corrected chi connectivity index (χ2v) is 12.1. The van der Waals surface area contributed by atoms with Crippen molar-refractivity contribution in [2.45, 2.75) is 90.0 Å². The van der Waals surface area contributed by atoms with Crippen molar-refractivity contribution in [2.24, 2.45) is 11.8 Å². The first-order valence-electron chi connectivity index (χ1n) is 12.7. The molecule has 2 atom stereocenters. The maximum absolute atomic E-state index is 13.2. The molecule has 0 spiro atoms. The fourth-order valence-corrected chi connectivity index (χ4v) is 5.96. The highest BCUT2D eigenvalue weighted by Gasteiger charge is 2.39. The Hall–Kier alpha value is -0.230. The van der Waals surface area contributed by atoms with E-state index >= 15 is 0 Å². The fourth-order valence-electron chi connectivity index (χ4n) is 5.96. The summed E-state index contributed by atoms with van der Waals surface area (Å²) in [5.41, 5.74) is 0.523. The summed E-state index contributed by atoms with van der Waals surface area (Å²) < 4.78 is 13.2. The minimum Gasteiger partial charge on any atom is -0.301 e. The van der Waals surface area contributed by atoms with Crippen LogP contribution in [0.3, 0.4) is 0 Å². The molecular formula is C25H47FN4. The summed E-state index contributed by atoms with van der Waals surface area (Å²) in [6.45, 7) is 23.0. The van der Waals surface area contributed by atoms with Crippen LogP contribution in [-0.4, -0.2) is 102 Å². The van der Waals surface area contributed by atoms with E-state index in [0.29, 0.717) is 6.04 Å². The van der Waals surface area contributed by atoms with Crippen LogP contribution in [0.4, 0.5) is 4.39 Å². The van der Waals surface area contributed by atoms with Crippen molar-refractivity contribution in [3.63, 3.8) is 0 Å². The summed E-state index contributed by atoms with van der Waals surface area (Å²) >= 11 is 0. The van der Waals surface area contributed by atoms with E-state index < -0.39 is 6.17 Å². The van der Waals surface area contributed by atoms with E-state index in [4.69, 9.17) is 0 Å². The SMILES string of the molecule is CC1CC1CN1CCN(C(C)(C)CCC(C)(C)N2CCN(C3CC(F)C3)CC2)CC1. The molecule has 4 rings (SSSR count). The average Bonchev–Trinajstić information content (AvgIpc) is 3.39. The molecule has 0 amide bonds. The van der Waals surface area contributed by atoms with Gasteiger partial charge in [0.15, 0.2) is 0 Å². The second-order valence-electron chi connectivity index (χ2n) is 12.1. The molecule has 4 aliphatic rings. The van der Waals surface area contributed by atoms with Gasteiger partial charge in [0.25, 0.3) is 0 Å². The number of hydrogen-bond donors (Lipinski definition) is 0. The van der Waals surface area contributed by atoms with Gasteiger partial charge < -0.3 is 4.90 Å². The number of piperazine rings is 2. The molecule has 0 aromatic carbocycles. The van der Waals surface area contributed by atoms with Gasteiger partial charge in [-0.3, -0.25) is 14.7 Å². The summed E-state index contributed by atoms with van der Waals surface area (Å²) in [6, 6.07) is 0.519. The highest BCUT2D eigenvalue weighted by molar-refractivity contribution is 4.95. The van der Waals surface area contributed by atoms with E-state index in [2.05, 4.69) is 54.2 Å². The first-order chi connectivity index (χ1) is 14.1. The van der Waals surface area contributed by atoms with Crippen LogP contribution in [-0.2, 0) is 0 Å². The first kappa shape index (κ1) is 22.9. The molecule has 0 aromatic rings. The third-order valence-electron chi connectivity index (χ3n) is 9.09. The Kier molecular flexibility index (Phi) is 6.85. The lowest BCUT2D eigenvalue weighted by atomic mass is 9.85. The van der Waals surface area contributed by atoms with Crippen LogP contribution >= 0.6 is 0 Å². The molecule has 5 heteroatoms. The predicted octanol–water partition coefficient (Wildman–Crippen LogP) is 3.72. The summed E-state index contributed by atoms with van der Waals surface area (Å²) in [6.07, 6.45) is 4.95. The summed E-state index contributed by atoms with van der Waals surface area (Å²) in [7, 11) is 0. The molecule has 2 saturated carbocycles. The molecule has 0 radical (unpaired) electrons. The molecule has 4 nitrogen and oxygen atoms in total. The van der Waals surface area contributed by atoms with Gasteiger partial charge in [0.2, 0.25) is 0 Å². The molecule has 30 heavy (non-hydrogen) atoms. The van der Waals surface area contributed by atoms with Crippen molar-refractivity contribution < 1.29 is 4.39 Å². The first-order valence-corrected chi connectivity index (χ1v) is 12.7. The Morgan fingerprint density at radius 2 is 1.20 bits per heavy atom. The predicted molar refractivity (Wildman–Crippen MR) is 124 cm³/mol. The number of halogens is 1. The molecule has 0 aromatic heterocycles. The average molecular weight is 423 g/mol. The third-order valence-corrected chi connectivity index (χ3v) is 9.09. The van der Waals surface area contributed by atoms with Crippen molar-refractivity contribution in [1.29, 1.82) is 0 Å². The van der Waals surface area contributed by atoms with Crippen LogP contribution in [0.15, 0.2) is 0 Å². The molecule has 174 valence electrons. The van der Waals surface area contributed by atoms with Gasteiger partial charge in [0.1, 0.15) is 6.17 Å². The molecule has 0 bridgehead atoms. The van der Waals surface area contributed by atoms with Crippen molar-refractivity contribution in [3.05, 3.63) is 0 Å². The van der Waals surface area contributed by atoms with Crippen molar-refractivity contribution in [1.82, 2.24) is 19.6 Å². The zero-order chi connectivity index (χ0) is 21.5. The van der Waals surface area contributed by atoms with Crippen LogP contribution in [0, 0.1) is 11.8 Å². The lowest BCUT2D eigenvalue weighted by molar-refractivity contribution is -0.0167. The van der Waals surface area contributed by atoms with E-state index in [1.165, 1.54) is 52.0 Å². The highest BCUT2D eigenvalue weighted by Crippen LogP contribution is 2.38. The minimum atomic E-state index is -0.536. The van der Waals surface area contributed by atoms with Crippen LogP contribution < -0.4 is 0 Å². The van der Waals surface area contributed by atoms with Gasteiger partial charge in [-0.1, -0.05) is 6.92 Å². The minimum absolute atomic E-state index is 0.246. The lowest BCUT2D eigenvalue weighted by Crippen LogP contribution is -2.59. The lowest BCUT2D eigenvalue weighted by Gasteiger charge is -2.50. The monoisotopic (exact) mass is 422 g/mol. The van der Waals surface area contributed by atoms with Gasteiger partial charge in [-0.15, -0.1) is 0 Å². The van der Waals surface area contributed by atoms with E-state index in [1.54, 1.807) is 0 Å². The Balaban J connectivity index is 1.19. The second kappa shape index (κ2) is 8.96. The van der Waals surface area contributed by atoms with Crippen LogP contribution in [0.5, 0.6) is 0 Å². The molecule has 4 fully saturated rings. The Morgan fingerprint density at radius 1 is 0.733 bits per heavy atom. The fraction of sp³-hybridized carbons (Fsp3) is 1.00. The number of rotatable bonds is 8. The Labute approximate surface area is 185 Å². The maximum Gasteiger partial charge on any atom is 0.103 e. The van der Waals surface area contributed by atoms with Gasteiger partial charge in [-0.25, -0.2) is 4.39 Å². The Morgan fingerprint density at radius 3 is 1.63 bits per heavy atom. The van der Waals surface area contributed by atoms with E-state index in [1.807, 2.05) is 0 Å². The van der Waals surface area contributed by atoms with Crippen LogP contribution in [0.1, 0.15) is 66.7 Å². The summed E-state index contributed by atoms with van der Waals surface area (Å²) in [4.78, 5) is 10.7. The summed E-state index contributed by atoms with van der Waals surface area (Å²) in [5, 5.41) is 0. The van der Waals surface area contributed by atoms with Crippen molar-refractivity contribution in [3.8, 4) is 0 Å². The molecule has 2 heterocycles. The number of hydrogen-bond acceptors (Lipinski definition) is 4. The largest absolute Gasteiger partial charge is 0.301 e. The molecule has 2 aliphatic carbocycles. The standard InChI is InChI=1S/C25H47FN4/c1-20-16-21(20)19-27-8-12-29(13-9-27)24(2,3)6-7-25(4,5)30-14-10-28(11-15-30)23-17-22(26)18-23/h20-23H,6-19H2,1-5H3. The van der Waals surface area contributed by atoms with Crippen LogP contribution in [0.2, 0.25) is 0 Å². The Bertz CT molecular complexity index is 557. The maximum atomic E-state index is 13.2.